The van der Waals surface area contributed by atoms with Crippen molar-refractivity contribution in [1.29, 1.82) is 0 Å². The molecule has 1 saturated heterocycles. The van der Waals surface area contributed by atoms with Gasteiger partial charge in [0.25, 0.3) is 0 Å². The third kappa shape index (κ3) is 3.29. The molecule has 1 N–H and O–H groups in total. The topological polar surface area (TPSA) is 121 Å². The summed E-state index contributed by atoms with van der Waals surface area (Å²) >= 11 is 0. The maximum atomic E-state index is 13.8. The van der Waals surface area contributed by atoms with E-state index in [-0.39, 0.29) is 18.2 Å². The molecule has 0 bridgehead atoms. The second-order valence-electron chi connectivity index (χ2n) is 9.58. The van der Waals surface area contributed by atoms with E-state index >= 15 is 0 Å². The fourth-order valence-electron chi connectivity index (χ4n) is 6.45. The molecule has 0 aromatic carbocycles. The van der Waals surface area contributed by atoms with Crippen LogP contribution in [-0.2, 0) is 28.6 Å². The number of cyclic esters (lactones) is 1. The highest BCUT2D eigenvalue weighted by molar-refractivity contribution is 5.93. The number of amides is 1. The zero-order chi connectivity index (χ0) is 23.3. The molecular formula is C23H29NO8. The number of Topliss-reactive ketones (excluding diaryl/α,β-unsaturated/α-hetero) is 1. The molecule has 4 rings (SSSR count). The average Bonchev–Trinajstić information content (AvgIpc) is 3.29. The van der Waals surface area contributed by atoms with Crippen molar-refractivity contribution in [2.24, 2.45) is 28.6 Å². The van der Waals surface area contributed by atoms with Crippen molar-refractivity contribution in [3.8, 4) is 0 Å². The molecule has 2 heterocycles. The first-order chi connectivity index (χ1) is 15.2. The van der Waals surface area contributed by atoms with Crippen LogP contribution < -0.4 is 5.32 Å². The summed E-state index contributed by atoms with van der Waals surface area (Å²) in [5.41, 5.74) is -0.814. The van der Waals surface area contributed by atoms with Crippen LogP contribution in [0.3, 0.4) is 0 Å². The van der Waals surface area contributed by atoms with Gasteiger partial charge in [-0.2, -0.15) is 0 Å². The summed E-state index contributed by atoms with van der Waals surface area (Å²) in [5, 5.41) is 2.36. The number of ketones is 1. The first-order valence-corrected chi connectivity index (χ1v) is 10.9. The van der Waals surface area contributed by atoms with Crippen LogP contribution in [-0.4, -0.2) is 44.1 Å². The van der Waals surface area contributed by atoms with E-state index in [0.717, 1.165) is 5.56 Å². The second kappa shape index (κ2) is 7.94. The van der Waals surface area contributed by atoms with Crippen molar-refractivity contribution in [3.63, 3.8) is 0 Å². The number of furan rings is 1. The molecule has 2 saturated carbocycles. The highest BCUT2D eigenvalue weighted by Gasteiger charge is 2.67. The lowest BCUT2D eigenvalue weighted by Gasteiger charge is -2.60. The third-order valence-corrected chi connectivity index (χ3v) is 7.96. The lowest BCUT2D eigenvalue weighted by molar-refractivity contribution is -0.207. The number of fused-ring (bicyclic) bond motifs is 3. The molecule has 1 aromatic heterocycles. The average molecular weight is 447 g/mol. The highest BCUT2D eigenvalue weighted by atomic mass is 16.6. The summed E-state index contributed by atoms with van der Waals surface area (Å²) in [4.78, 5) is 51.6. The van der Waals surface area contributed by atoms with Gasteiger partial charge >= 0.3 is 18.0 Å². The molecular weight excluding hydrogens is 418 g/mol. The molecule has 174 valence electrons. The minimum Gasteiger partial charge on any atom is -0.472 e. The lowest BCUT2D eigenvalue weighted by atomic mass is 9.43. The molecule has 9 heteroatoms. The van der Waals surface area contributed by atoms with Crippen molar-refractivity contribution in [2.75, 3.05) is 14.2 Å². The van der Waals surface area contributed by atoms with Gasteiger partial charge in [0, 0.05) is 24.9 Å². The zero-order valence-corrected chi connectivity index (χ0v) is 18.7. The monoisotopic (exact) mass is 447 g/mol. The number of carbonyl (C=O) groups is 4. The number of alkyl carbamates (subject to hydrolysis) is 1. The van der Waals surface area contributed by atoms with Crippen LogP contribution in [0.1, 0.15) is 51.2 Å². The first kappa shape index (κ1) is 22.4. The molecule has 7 atom stereocenters. The van der Waals surface area contributed by atoms with Crippen molar-refractivity contribution >= 4 is 23.8 Å². The summed E-state index contributed by atoms with van der Waals surface area (Å²) in [6, 6.07) is 1.74. The van der Waals surface area contributed by atoms with Crippen LogP contribution in [0.5, 0.6) is 0 Å². The zero-order valence-electron chi connectivity index (χ0n) is 18.7. The van der Waals surface area contributed by atoms with Gasteiger partial charge < -0.3 is 23.9 Å². The molecule has 0 unspecified atom stereocenters. The largest absolute Gasteiger partial charge is 0.472 e. The molecule has 3 aliphatic rings. The number of hydrogen-bond donors (Lipinski definition) is 1. The number of carbonyl (C=O) groups excluding carboxylic acids is 4. The maximum Gasteiger partial charge on any atom is 0.407 e. The highest BCUT2D eigenvalue weighted by Crippen LogP contribution is 2.65. The summed E-state index contributed by atoms with van der Waals surface area (Å²) in [6.45, 7) is 3.84. The fraction of sp³-hybridized carbons (Fsp3) is 0.652. The van der Waals surface area contributed by atoms with Crippen LogP contribution in [0.25, 0.3) is 0 Å². The third-order valence-electron chi connectivity index (χ3n) is 7.96. The molecule has 0 spiro atoms. The maximum absolute atomic E-state index is 13.8. The molecule has 1 aromatic rings. The Kier molecular flexibility index (Phi) is 5.55. The Bertz CT molecular complexity index is 926. The molecule has 9 nitrogen and oxygen atoms in total. The SMILES string of the molecule is CNC(=O)O[C@H]1C[C@@H](C(=O)OC)[C@]2(C)CC[C@H]3C(=O)O[C@H](c4ccoc4)C[C@]3(C)[C@H]2C1=O. The summed E-state index contributed by atoms with van der Waals surface area (Å²) in [7, 11) is 2.72. The molecule has 1 aliphatic heterocycles. The van der Waals surface area contributed by atoms with E-state index in [0.29, 0.717) is 19.3 Å². The lowest BCUT2D eigenvalue weighted by Crippen LogP contribution is -2.65. The van der Waals surface area contributed by atoms with E-state index in [4.69, 9.17) is 18.6 Å². The van der Waals surface area contributed by atoms with Crippen LogP contribution in [0, 0.1) is 28.6 Å². The van der Waals surface area contributed by atoms with E-state index in [1.807, 2.05) is 13.8 Å². The minimum absolute atomic E-state index is 0.0578. The quantitative estimate of drug-likeness (QED) is 0.555. The van der Waals surface area contributed by atoms with Gasteiger partial charge in [-0.25, -0.2) is 4.79 Å². The Hall–Kier alpha value is -2.84. The summed E-state index contributed by atoms with van der Waals surface area (Å²) in [6.07, 6.45) is 2.08. The smallest absolute Gasteiger partial charge is 0.407 e. The van der Waals surface area contributed by atoms with Gasteiger partial charge in [-0.1, -0.05) is 13.8 Å². The Morgan fingerprint density at radius 2 is 1.97 bits per heavy atom. The number of rotatable bonds is 3. The summed E-state index contributed by atoms with van der Waals surface area (Å²) in [5.74, 6) is -2.89. The number of nitrogens with one attached hydrogen (secondary N) is 1. The summed E-state index contributed by atoms with van der Waals surface area (Å²) < 4.78 is 21.4. The van der Waals surface area contributed by atoms with Crippen molar-refractivity contribution in [2.45, 2.75) is 51.7 Å². The van der Waals surface area contributed by atoms with Gasteiger partial charge in [0.1, 0.15) is 6.10 Å². The number of ether oxygens (including phenoxy) is 3. The molecule has 3 fully saturated rings. The van der Waals surface area contributed by atoms with Gasteiger partial charge in [-0.15, -0.1) is 0 Å². The molecule has 32 heavy (non-hydrogen) atoms. The molecule has 0 radical (unpaired) electrons. The normalized spacial score (nSPS) is 38.7. The van der Waals surface area contributed by atoms with Crippen LogP contribution in [0.4, 0.5) is 4.79 Å². The minimum atomic E-state index is -1.10. The first-order valence-electron chi connectivity index (χ1n) is 10.9. The molecule has 2 aliphatic carbocycles. The van der Waals surface area contributed by atoms with E-state index < -0.39 is 52.9 Å². The van der Waals surface area contributed by atoms with E-state index in [1.165, 1.54) is 26.7 Å². The van der Waals surface area contributed by atoms with E-state index in [9.17, 15) is 19.2 Å². The predicted molar refractivity (Wildman–Crippen MR) is 109 cm³/mol. The van der Waals surface area contributed by atoms with Crippen molar-refractivity contribution in [3.05, 3.63) is 24.2 Å². The van der Waals surface area contributed by atoms with Crippen LogP contribution in [0.15, 0.2) is 23.0 Å². The predicted octanol–water partition coefficient (Wildman–Crippen LogP) is 2.79. The van der Waals surface area contributed by atoms with E-state index in [1.54, 1.807) is 6.07 Å². The Balaban J connectivity index is 1.78. The Morgan fingerprint density at radius 1 is 1.22 bits per heavy atom. The molecule has 1 amide bonds. The van der Waals surface area contributed by atoms with Gasteiger partial charge in [0.2, 0.25) is 0 Å². The number of hydrogen-bond acceptors (Lipinski definition) is 8. The van der Waals surface area contributed by atoms with Crippen LogP contribution >= 0.6 is 0 Å². The van der Waals surface area contributed by atoms with Gasteiger partial charge in [0.05, 0.1) is 31.5 Å². The second-order valence-corrected chi connectivity index (χ2v) is 9.58. The number of methoxy groups -OCH3 is 1. The van der Waals surface area contributed by atoms with Crippen molar-refractivity contribution in [1.82, 2.24) is 5.32 Å². The van der Waals surface area contributed by atoms with Gasteiger partial charge in [-0.3, -0.25) is 14.4 Å². The van der Waals surface area contributed by atoms with Crippen LogP contribution in [0.2, 0.25) is 0 Å². The standard InChI is InChI=1S/C23H29NO8/c1-22-7-5-13-20(27)31-16(12-6-8-30-11-12)10-23(13,2)18(22)17(25)15(32-21(28)24-3)9-14(22)19(26)29-4/h6,8,11,13-16,18H,5,7,9-10H2,1-4H3,(H,24,28)/t13-,14-,15-,16-,18-,22-,23-/m0/s1. The number of esters is 2. The van der Waals surface area contributed by atoms with E-state index in [2.05, 4.69) is 5.32 Å². The van der Waals surface area contributed by atoms with Crippen molar-refractivity contribution < 1.29 is 37.8 Å². The fourth-order valence-corrected chi connectivity index (χ4v) is 6.45. The Labute approximate surface area is 186 Å². The van der Waals surface area contributed by atoms with Gasteiger partial charge in [-0.05, 0) is 36.2 Å². The Morgan fingerprint density at radius 3 is 2.59 bits per heavy atom. The van der Waals surface area contributed by atoms with Gasteiger partial charge in [0.15, 0.2) is 11.9 Å².